The molecule has 0 N–H and O–H groups in total. The molecule has 0 aliphatic carbocycles. The van der Waals surface area contributed by atoms with Gasteiger partial charge >= 0.3 is 35.8 Å². The highest BCUT2D eigenvalue weighted by atomic mass is 16.6. The minimum Gasteiger partial charge on any atom is -0.489 e. The van der Waals surface area contributed by atoms with Crippen LogP contribution in [0.15, 0.2) is 134 Å². The van der Waals surface area contributed by atoms with E-state index in [9.17, 15) is 47.9 Å². The Hall–Kier alpha value is -10.3. The Labute approximate surface area is 521 Å². The van der Waals surface area contributed by atoms with E-state index in [2.05, 4.69) is 0 Å². The van der Waals surface area contributed by atoms with E-state index in [4.69, 9.17) is 65.0 Å². The zero-order valence-electron chi connectivity index (χ0n) is 51.8. The first kappa shape index (κ1) is 69.8. The van der Waals surface area contributed by atoms with Crippen LogP contribution in [0.25, 0.3) is 43.9 Å². The number of hydrogen-bond donors (Lipinski definition) is 0. The number of unbranched alkanes of at least 4 members (excludes halogenated alkanes) is 3. The van der Waals surface area contributed by atoms with Crippen molar-refractivity contribution < 1.29 is 93.8 Å². The van der Waals surface area contributed by atoms with Crippen LogP contribution in [-0.2, 0) is 38.0 Å². The maximum Gasteiger partial charge on any atom is 0.374 e. The highest BCUT2D eigenvalue weighted by Crippen LogP contribution is 2.29. The first-order valence-corrected chi connectivity index (χ1v) is 29.9. The van der Waals surface area contributed by atoms with Crippen molar-refractivity contribution in [1.29, 1.82) is 0 Å². The zero-order valence-corrected chi connectivity index (χ0v) is 51.8. The van der Waals surface area contributed by atoms with Gasteiger partial charge in [0.25, 0.3) is 0 Å². The summed E-state index contributed by atoms with van der Waals surface area (Å²) in [5, 5.41) is 0.343. The molecule has 24 heteroatoms. The molecule has 0 spiro atoms. The van der Waals surface area contributed by atoms with Crippen molar-refractivity contribution in [2.75, 3.05) is 52.9 Å². The summed E-state index contributed by atoms with van der Waals surface area (Å²) in [5.41, 5.74) is -1.67. The summed E-state index contributed by atoms with van der Waals surface area (Å²) in [4.78, 5) is 125. The smallest absolute Gasteiger partial charge is 0.374 e. The third kappa shape index (κ3) is 19.1. The zero-order chi connectivity index (χ0) is 66.0. The first-order chi connectivity index (χ1) is 44.0. The monoisotopic (exact) mass is 1260 g/mol. The van der Waals surface area contributed by atoms with Gasteiger partial charge in [-0.3, -0.25) is 28.8 Å². The van der Waals surface area contributed by atoms with E-state index >= 15 is 0 Å². The highest BCUT2D eigenvalue weighted by Gasteiger charge is 2.25. The van der Waals surface area contributed by atoms with Crippen LogP contribution in [0.5, 0.6) is 23.0 Å². The predicted octanol–water partition coefficient (Wildman–Crippen LogP) is 11.0. The molecular formula is C67H72O24. The summed E-state index contributed by atoms with van der Waals surface area (Å²) in [6.07, 6.45) is 2.27. The molecule has 0 saturated carbocycles. The summed E-state index contributed by atoms with van der Waals surface area (Å²) < 4.78 is 77.0. The molecule has 0 aliphatic heterocycles. The second-order valence-electron chi connectivity index (χ2n) is 19.3. The van der Waals surface area contributed by atoms with Gasteiger partial charge in [0, 0.05) is 37.1 Å². The standard InChI is InChI=1S/C33H34O12.C32H32O12.C2H6/c1-4-7-8-15-29(36)43-20(18-41-23-11-9-13-25-30(23)21(34)16-27(44-25)32(37)39-5-2)19-42-24-12-10-14-26-31(24)22(35)17-28(45-26)33(38)40-6-3;1-4-7-14-28(35)42-19(17-40-22-10-8-12-24-29(22)20(33)15-26(43-24)31(36)38-5-2)18-41-23-11-9-13-25-30(23)21(34)16-27(44-25)32(37)39-6-3;1-2/h9-14,16-17,20H,4-8,15,18-19H2,1-3H3;8-13,15-16,19H,4-7,14,17-18H2,1-3H3;1-2H3. The van der Waals surface area contributed by atoms with E-state index < -0.39 is 69.7 Å². The molecule has 0 atom stereocenters. The van der Waals surface area contributed by atoms with Gasteiger partial charge < -0.3 is 65.0 Å². The van der Waals surface area contributed by atoms with E-state index in [0.717, 1.165) is 43.5 Å². The van der Waals surface area contributed by atoms with Gasteiger partial charge in [-0.05, 0) is 89.1 Å². The van der Waals surface area contributed by atoms with E-state index in [1.807, 2.05) is 27.7 Å². The van der Waals surface area contributed by atoms with Crippen LogP contribution in [0.2, 0.25) is 0 Å². The minimum atomic E-state index is -0.957. The summed E-state index contributed by atoms with van der Waals surface area (Å²) in [5.74, 6) is -4.44. The average Bonchev–Trinajstić information content (AvgIpc) is 0.961. The van der Waals surface area contributed by atoms with Gasteiger partial charge in [-0.2, -0.15) is 0 Å². The molecule has 4 heterocycles. The molecule has 8 aromatic rings. The lowest BCUT2D eigenvalue weighted by molar-refractivity contribution is -0.153. The largest absolute Gasteiger partial charge is 0.489 e. The van der Waals surface area contributed by atoms with Crippen molar-refractivity contribution in [3.05, 3.63) is 161 Å². The summed E-state index contributed by atoms with van der Waals surface area (Å²) in [6, 6.07) is 22.6. The Morgan fingerprint density at radius 3 is 0.857 bits per heavy atom. The highest BCUT2D eigenvalue weighted by molar-refractivity contribution is 5.93. The lowest BCUT2D eigenvalue weighted by Gasteiger charge is -2.20. The number of carbonyl (C=O) groups is 6. The van der Waals surface area contributed by atoms with Gasteiger partial charge in [0.1, 0.15) is 93.3 Å². The molecule has 0 saturated heterocycles. The van der Waals surface area contributed by atoms with E-state index in [1.54, 1.807) is 64.1 Å². The number of benzene rings is 4. The molecule has 4 aromatic carbocycles. The van der Waals surface area contributed by atoms with Crippen molar-refractivity contribution in [3.8, 4) is 23.0 Å². The average molecular weight is 1260 g/mol. The van der Waals surface area contributed by atoms with Crippen LogP contribution in [0, 0.1) is 0 Å². The van der Waals surface area contributed by atoms with Crippen molar-refractivity contribution in [1.82, 2.24) is 0 Å². The predicted molar refractivity (Wildman–Crippen MR) is 331 cm³/mol. The molecule has 484 valence electrons. The lowest BCUT2D eigenvalue weighted by Crippen LogP contribution is -2.31. The Balaban J connectivity index is 0.000000282. The van der Waals surface area contributed by atoms with E-state index in [-0.39, 0.29) is 156 Å². The lowest BCUT2D eigenvalue weighted by atomic mass is 10.2. The van der Waals surface area contributed by atoms with Gasteiger partial charge in [-0.25, -0.2) is 19.2 Å². The third-order valence-electron chi connectivity index (χ3n) is 12.8. The number of hydrogen-bond acceptors (Lipinski definition) is 24. The number of fused-ring (bicyclic) bond motifs is 4. The maximum absolute atomic E-state index is 12.9. The van der Waals surface area contributed by atoms with Crippen molar-refractivity contribution in [2.45, 2.75) is 113 Å². The quantitative estimate of drug-likeness (QED) is 0.0239. The molecule has 91 heavy (non-hydrogen) atoms. The number of rotatable bonds is 29. The summed E-state index contributed by atoms with van der Waals surface area (Å²) in [6.45, 7) is 14.1. The van der Waals surface area contributed by atoms with Crippen molar-refractivity contribution in [2.24, 2.45) is 0 Å². The van der Waals surface area contributed by atoms with Crippen LogP contribution >= 0.6 is 0 Å². The molecule has 0 unspecified atom stereocenters. The number of esters is 6. The van der Waals surface area contributed by atoms with E-state index in [0.29, 0.717) is 12.8 Å². The Morgan fingerprint density at radius 2 is 0.615 bits per heavy atom. The van der Waals surface area contributed by atoms with Crippen molar-refractivity contribution >= 4 is 79.7 Å². The SMILES string of the molecule is CC.CCCCC(=O)OC(COc1cccc2oc(C(=O)OCC)cc(=O)c12)COc1cccc2oc(C(=O)OCC)cc(=O)c12.CCCCCC(=O)OC(COc1cccc2oc(C(=O)OCC)cc(=O)c12)COc1cccc2oc(C(=O)OCC)cc(=O)c12. The van der Waals surface area contributed by atoms with Crippen LogP contribution in [0.4, 0.5) is 0 Å². The van der Waals surface area contributed by atoms with Crippen LogP contribution in [0.3, 0.4) is 0 Å². The Bertz CT molecular complexity index is 3840. The number of carbonyl (C=O) groups excluding carboxylic acids is 6. The van der Waals surface area contributed by atoms with Crippen LogP contribution in [-0.4, -0.2) is 101 Å². The summed E-state index contributed by atoms with van der Waals surface area (Å²) >= 11 is 0. The second kappa shape index (κ2) is 35.1. The molecule has 0 bridgehead atoms. The van der Waals surface area contributed by atoms with Gasteiger partial charge in [0.05, 0.1) is 26.4 Å². The maximum atomic E-state index is 12.9. The van der Waals surface area contributed by atoms with Crippen molar-refractivity contribution in [3.63, 3.8) is 0 Å². The first-order valence-electron chi connectivity index (χ1n) is 29.9. The molecular weight excluding hydrogens is 1190 g/mol. The Morgan fingerprint density at radius 1 is 0.363 bits per heavy atom. The van der Waals surface area contributed by atoms with Crippen LogP contribution < -0.4 is 40.7 Å². The molecule has 0 amide bonds. The van der Waals surface area contributed by atoms with Gasteiger partial charge in [0.15, 0.2) is 33.9 Å². The van der Waals surface area contributed by atoms with E-state index in [1.165, 1.54) is 36.4 Å². The fourth-order valence-corrected chi connectivity index (χ4v) is 8.70. The summed E-state index contributed by atoms with van der Waals surface area (Å²) in [7, 11) is 0. The van der Waals surface area contributed by atoms with Gasteiger partial charge in [-0.1, -0.05) is 71.2 Å². The molecule has 4 aromatic heterocycles. The van der Waals surface area contributed by atoms with Crippen LogP contribution in [0.1, 0.15) is 143 Å². The molecule has 0 fully saturated rings. The Kier molecular flexibility index (Phi) is 26.9. The molecule has 8 rings (SSSR count). The minimum absolute atomic E-state index is 0.0848. The van der Waals surface area contributed by atoms with Gasteiger partial charge in [0.2, 0.25) is 23.0 Å². The third-order valence-corrected chi connectivity index (χ3v) is 12.8. The molecule has 24 nitrogen and oxygen atoms in total. The molecule has 0 aliphatic rings. The number of ether oxygens (including phenoxy) is 10. The normalized spacial score (nSPS) is 10.8. The fraction of sp³-hybridized carbons (Fsp3) is 0.373. The van der Waals surface area contributed by atoms with Gasteiger partial charge in [-0.15, -0.1) is 0 Å². The second-order valence-corrected chi connectivity index (χ2v) is 19.3. The topological polar surface area (TPSA) is 316 Å². The fourth-order valence-electron chi connectivity index (χ4n) is 8.70. The molecule has 0 radical (unpaired) electrons.